The lowest BCUT2D eigenvalue weighted by Crippen LogP contribution is -2.43. The lowest BCUT2D eigenvalue weighted by Gasteiger charge is -2.32. The number of aryl methyl sites for hydroxylation is 3. The van der Waals surface area contributed by atoms with Crippen LogP contribution in [0.4, 0.5) is 5.69 Å². The summed E-state index contributed by atoms with van der Waals surface area (Å²) in [6.07, 6.45) is 6.15. The number of likely N-dealkylation sites (N-methyl/N-ethyl adjacent to an activating group) is 1. The molecule has 0 bridgehead atoms. The van der Waals surface area contributed by atoms with Gasteiger partial charge in [0.2, 0.25) is 5.91 Å². The summed E-state index contributed by atoms with van der Waals surface area (Å²) >= 11 is 1.65. The number of hydrogen-bond acceptors (Lipinski definition) is 6. The maximum absolute atomic E-state index is 13.1. The predicted molar refractivity (Wildman–Crippen MR) is 133 cm³/mol. The largest absolute Gasteiger partial charge is 0.326 e. The molecule has 1 aromatic carbocycles. The highest BCUT2D eigenvalue weighted by molar-refractivity contribution is 7.18. The summed E-state index contributed by atoms with van der Waals surface area (Å²) < 4.78 is 1.59. The van der Waals surface area contributed by atoms with E-state index in [1.165, 1.54) is 22.4 Å². The maximum atomic E-state index is 13.1. The van der Waals surface area contributed by atoms with Gasteiger partial charge in [-0.05, 0) is 56.0 Å². The van der Waals surface area contributed by atoms with Crippen LogP contribution in [0.15, 0.2) is 35.4 Å². The fourth-order valence-corrected chi connectivity index (χ4v) is 6.02. The Morgan fingerprint density at radius 2 is 1.97 bits per heavy atom. The van der Waals surface area contributed by atoms with Gasteiger partial charge in [-0.2, -0.15) is 0 Å². The van der Waals surface area contributed by atoms with Gasteiger partial charge in [0, 0.05) is 56.3 Å². The molecule has 1 aliphatic carbocycles. The second-order valence-electron chi connectivity index (χ2n) is 9.21. The van der Waals surface area contributed by atoms with Crippen molar-refractivity contribution in [2.45, 2.75) is 45.2 Å². The molecule has 3 aromatic rings. The van der Waals surface area contributed by atoms with Gasteiger partial charge in [-0.15, -0.1) is 11.3 Å². The number of thiophene rings is 1. The van der Waals surface area contributed by atoms with Crippen molar-refractivity contribution in [3.63, 3.8) is 0 Å². The van der Waals surface area contributed by atoms with Gasteiger partial charge >= 0.3 is 0 Å². The number of nitrogens with one attached hydrogen (secondary N) is 1. The van der Waals surface area contributed by atoms with E-state index in [2.05, 4.69) is 33.2 Å². The summed E-state index contributed by atoms with van der Waals surface area (Å²) in [5.41, 5.74) is 3.18. The number of hydrogen-bond donors (Lipinski definition) is 1. The molecule has 1 N–H and O–H groups in total. The monoisotopic (exact) mass is 465 g/mol. The molecule has 1 saturated heterocycles. The van der Waals surface area contributed by atoms with E-state index in [9.17, 15) is 9.59 Å². The van der Waals surface area contributed by atoms with Gasteiger partial charge in [0.1, 0.15) is 4.83 Å². The van der Waals surface area contributed by atoms with Crippen molar-refractivity contribution in [1.82, 2.24) is 19.4 Å². The molecule has 2 aromatic heterocycles. The summed E-state index contributed by atoms with van der Waals surface area (Å²) in [5.74, 6) is -0.0916. The van der Waals surface area contributed by atoms with Gasteiger partial charge in [0.15, 0.2) is 0 Å². The number of carbonyl (C=O) groups is 1. The minimum atomic E-state index is -0.0916. The molecule has 8 heteroatoms. The third kappa shape index (κ3) is 5.03. The van der Waals surface area contributed by atoms with Crippen LogP contribution < -0.4 is 10.9 Å². The molecule has 0 atom stereocenters. The number of amides is 1. The molecule has 33 heavy (non-hydrogen) atoms. The van der Waals surface area contributed by atoms with Gasteiger partial charge in [-0.25, -0.2) is 4.98 Å². The molecule has 5 rings (SSSR count). The Labute approximate surface area is 198 Å². The first-order chi connectivity index (χ1) is 16.1. The molecule has 0 spiro atoms. The van der Waals surface area contributed by atoms with Crippen LogP contribution in [0.25, 0.3) is 10.2 Å². The Kier molecular flexibility index (Phi) is 6.57. The fraction of sp³-hybridized carbons (Fsp3) is 0.480. The first kappa shape index (κ1) is 22.3. The molecule has 3 heterocycles. The number of rotatable bonds is 6. The van der Waals surface area contributed by atoms with Gasteiger partial charge in [0.25, 0.3) is 5.56 Å². The van der Waals surface area contributed by atoms with Crippen molar-refractivity contribution in [1.29, 1.82) is 0 Å². The van der Waals surface area contributed by atoms with Crippen molar-refractivity contribution >= 4 is 33.1 Å². The lowest BCUT2D eigenvalue weighted by molar-refractivity contribution is -0.116. The van der Waals surface area contributed by atoms with Crippen LogP contribution in [0.5, 0.6) is 0 Å². The van der Waals surface area contributed by atoms with Gasteiger partial charge in [0.05, 0.1) is 11.7 Å². The third-order valence-electron chi connectivity index (χ3n) is 6.73. The van der Waals surface area contributed by atoms with Crippen LogP contribution in [0.3, 0.4) is 0 Å². The molecule has 2 aliphatic rings. The zero-order valence-electron chi connectivity index (χ0n) is 19.2. The summed E-state index contributed by atoms with van der Waals surface area (Å²) in [6, 6.07) is 8.06. The molecule has 0 saturated carbocycles. The quantitative estimate of drug-likeness (QED) is 0.606. The molecular weight excluding hydrogens is 434 g/mol. The highest BCUT2D eigenvalue weighted by atomic mass is 32.1. The van der Waals surface area contributed by atoms with Crippen LogP contribution >= 0.6 is 11.3 Å². The molecule has 1 amide bonds. The van der Waals surface area contributed by atoms with E-state index in [-0.39, 0.29) is 17.9 Å². The zero-order valence-corrected chi connectivity index (χ0v) is 20.0. The van der Waals surface area contributed by atoms with Crippen molar-refractivity contribution < 1.29 is 4.79 Å². The summed E-state index contributed by atoms with van der Waals surface area (Å²) in [7, 11) is 2.16. The lowest BCUT2D eigenvalue weighted by atomic mass is 9.97. The van der Waals surface area contributed by atoms with Gasteiger partial charge in [-0.1, -0.05) is 12.1 Å². The van der Waals surface area contributed by atoms with E-state index in [4.69, 9.17) is 0 Å². The minimum absolute atomic E-state index is 0.0126. The average Bonchev–Trinajstić information content (AvgIpc) is 3.20. The second kappa shape index (κ2) is 9.75. The number of fused-ring (bicyclic) bond motifs is 3. The van der Waals surface area contributed by atoms with E-state index in [0.29, 0.717) is 6.54 Å². The van der Waals surface area contributed by atoms with Gasteiger partial charge < -0.3 is 10.2 Å². The SMILES string of the molecule is CN1CCN(Cc2cccc(NC(=O)CCn3cnc4sc5c(c4c3=O)CCCC5)c2)CC1. The predicted octanol–water partition coefficient (Wildman–Crippen LogP) is 3.11. The minimum Gasteiger partial charge on any atom is -0.326 e. The Morgan fingerprint density at radius 3 is 2.82 bits per heavy atom. The summed E-state index contributed by atoms with van der Waals surface area (Å²) in [4.78, 5) is 37.2. The topological polar surface area (TPSA) is 70.5 Å². The number of aromatic nitrogens is 2. The Bertz CT molecular complexity index is 1210. The molecule has 0 unspecified atom stereocenters. The molecular formula is C25H31N5O2S. The number of piperazine rings is 1. The molecule has 7 nitrogen and oxygen atoms in total. The van der Waals surface area contributed by atoms with E-state index < -0.39 is 0 Å². The van der Waals surface area contributed by atoms with E-state index in [0.717, 1.165) is 67.9 Å². The first-order valence-electron chi connectivity index (χ1n) is 11.9. The number of anilines is 1. The smallest absolute Gasteiger partial charge is 0.262 e. The Hall–Kier alpha value is -2.55. The Balaban J connectivity index is 1.21. The average molecular weight is 466 g/mol. The molecule has 1 fully saturated rings. The van der Waals surface area contributed by atoms with Crippen molar-refractivity contribution in [3.8, 4) is 0 Å². The fourth-order valence-electron chi connectivity index (χ4n) is 4.80. The van der Waals surface area contributed by atoms with Crippen LogP contribution in [0, 0.1) is 0 Å². The zero-order chi connectivity index (χ0) is 22.8. The van der Waals surface area contributed by atoms with Crippen molar-refractivity contribution in [2.75, 3.05) is 38.5 Å². The van der Waals surface area contributed by atoms with Crippen LogP contribution in [-0.4, -0.2) is 58.5 Å². The normalized spacial score (nSPS) is 17.2. The number of carbonyl (C=O) groups excluding carboxylic acids is 1. The number of nitrogens with zero attached hydrogens (tertiary/aromatic N) is 4. The van der Waals surface area contributed by atoms with Crippen molar-refractivity contribution in [3.05, 3.63) is 57.0 Å². The maximum Gasteiger partial charge on any atom is 0.262 e. The Morgan fingerprint density at radius 1 is 1.15 bits per heavy atom. The molecule has 174 valence electrons. The standard InChI is InChI=1S/C25H31N5O2S/c1-28-11-13-29(14-12-28)16-18-5-4-6-19(15-18)27-22(31)9-10-30-17-26-24-23(25(30)32)20-7-2-3-8-21(20)33-24/h4-6,15,17H,2-3,7-14,16H2,1H3,(H,27,31). The van der Waals surface area contributed by atoms with Crippen LogP contribution in [-0.2, 0) is 30.7 Å². The van der Waals surface area contributed by atoms with E-state index in [1.54, 1.807) is 22.2 Å². The van der Waals surface area contributed by atoms with Gasteiger partial charge in [-0.3, -0.25) is 19.1 Å². The number of benzene rings is 1. The second-order valence-corrected chi connectivity index (χ2v) is 10.3. The van der Waals surface area contributed by atoms with E-state index >= 15 is 0 Å². The van der Waals surface area contributed by atoms with Crippen LogP contribution in [0.2, 0.25) is 0 Å². The van der Waals surface area contributed by atoms with Crippen LogP contribution in [0.1, 0.15) is 35.3 Å². The first-order valence-corrected chi connectivity index (χ1v) is 12.7. The highest BCUT2D eigenvalue weighted by Gasteiger charge is 2.20. The summed E-state index contributed by atoms with van der Waals surface area (Å²) in [6.45, 7) is 5.53. The van der Waals surface area contributed by atoms with Crippen molar-refractivity contribution in [2.24, 2.45) is 0 Å². The third-order valence-corrected chi connectivity index (χ3v) is 7.93. The molecule has 0 radical (unpaired) electrons. The highest BCUT2D eigenvalue weighted by Crippen LogP contribution is 2.33. The summed E-state index contributed by atoms with van der Waals surface area (Å²) in [5, 5.41) is 3.77. The molecule has 1 aliphatic heterocycles. The van der Waals surface area contributed by atoms with E-state index in [1.807, 2.05) is 18.2 Å².